The average Bonchev–Trinajstić information content (AvgIpc) is 2.65. The Morgan fingerprint density at radius 1 is 0.893 bits per heavy atom. The van der Waals surface area contributed by atoms with Crippen LogP contribution in [0.25, 0.3) is 0 Å². The fourth-order valence-corrected chi connectivity index (χ4v) is 2.41. The number of methoxy groups -OCH3 is 2. The second-order valence-corrected chi connectivity index (χ2v) is 6.94. The van der Waals surface area contributed by atoms with Gasteiger partial charge in [-0.15, -0.1) is 0 Å². The van der Waals surface area contributed by atoms with E-state index in [9.17, 15) is 14.4 Å². The quantitative estimate of drug-likeness (QED) is 0.616. The Balaban J connectivity index is 2.24. The van der Waals surface area contributed by atoms with E-state index in [0.717, 1.165) is 0 Å². The van der Waals surface area contributed by atoms with Crippen molar-refractivity contribution in [2.45, 2.75) is 26.4 Å². The van der Waals surface area contributed by atoms with Gasteiger partial charge in [-0.05, 0) is 63.2 Å². The van der Waals surface area contributed by atoms with Crippen LogP contribution < -0.4 is 10.1 Å². The van der Waals surface area contributed by atoms with Gasteiger partial charge >= 0.3 is 12.1 Å². The molecule has 0 unspecified atom stereocenters. The first kappa shape index (κ1) is 21.0. The van der Waals surface area contributed by atoms with Crippen LogP contribution in [0.3, 0.4) is 0 Å². The molecular weight excluding hydrogens is 362 g/mol. The molecule has 0 atom stereocenters. The lowest BCUT2D eigenvalue weighted by Crippen LogP contribution is -2.27. The lowest BCUT2D eigenvalue weighted by atomic mass is 9.98. The smallest absolute Gasteiger partial charge is 0.412 e. The maximum Gasteiger partial charge on any atom is 0.412 e. The summed E-state index contributed by atoms with van der Waals surface area (Å²) in [6.45, 7) is 5.30. The molecule has 2 aromatic rings. The van der Waals surface area contributed by atoms with Crippen LogP contribution in [0.2, 0.25) is 0 Å². The van der Waals surface area contributed by atoms with E-state index in [1.54, 1.807) is 51.1 Å². The second-order valence-electron chi connectivity index (χ2n) is 6.94. The van der Waals surface area contributed by atoms with Crippen LogP contribution in [0.5, 0.6) is 5.75 Å². The first-order valence-electron chi connectivity index (χ1n) is 8.55. The summed E-state index contributed by atoms with van der Waals surface area (Å²) in [5.74, 6) is -0.550. The maximum atomic E-state index is 12.8. The summed E-state index contributed by atoms with van der Waals surface area (Å²) >= 11 is 0. The highest BCUT2D eigenvalue weighted by atomic mass is 16.6. The molecule has 0 spiro atoms. The molecule has 2 rings (SSSR count). The molecule has 2 aromatic carbocycles. The minimum Gasteiger partial charge on any atom is -0.497 e. The Morgan fingerprint density at radius 3 is 2.07 bits per heavy atom. The molecule has 148 valence electrons. The van der Waals surface area contributed by atoms with Crippen LogP contribution in [0.15, 0.2) is 42.5 Å². The fourth-order valence-electron chi connectivity index (χ4n) is 2.41. The maximum absolute atomic E-state index is 12.8. The van der Waals surface area contributed by atoms with Crippen molar-refractivity contribution in [1.29, 1.82) is 0 Å². The summed E-state index contributed by atoms with van der Waals surface area (Å²) in [5.41, 5.74) is 0.528. The molecule has 0 saturated heterocycles. The number of ether oxygens (including phenoxy) is 3. The van der Waals surface area contributed by atoms with Gasteiger partial charge in [0, 0.05) is 16.8 Å². The molecule has 1 N–H and O–H groups in total. The van der Waals surface area contributed by atoms with Crippen molar-refractivity contribution in [1.82, 2.24) is 0 Å². The third-order valence-electron chi connectivity index (χ3n) is 3.67. The van der Waals surface area contributed by atoms with Crippen molar-refractivity contribution >= 4 is 23.5 Å². The molecule has 0 aromatic heterocycles. The monoisotopic (exact) mass is 385 g/mol. The summed E-state index contributed by atoms with van der Waals surface area (Å²) in [7, 11) is 2.71. The minimum absolute atomic E-state index is 0.114. The number of carbonyl (C=O) groups is 3. The van der Waals surface area contributed by atoms with Crippen molar-refractivity contribution in [2.75, 3.05) is 19.5 Å². The van der Waals surface area contributed by atoms with Crippen molar-refractivity contribution in [2.24, 2.45) is 0 Å². The molecule has 0 radical (unpaired) electrons. The normalized spacial score (nSPS) is 10.8. The van der Waals surface area contributed by atoms with Gasteiger partial charge in [-0.3, -0.25) is 10.1 Å². The molecular formula is C21H23NO6. The molecule has 0 aliphatic carbocycles. The summed E-state index contributed by atoms with van der Waals surface area (Å²) in [5, 5.41) is 2.60. The van der Waals surface area contributed by atoms with E-state index in [2.05, 4.69) is 5.32 Å². The molecule has 1 amide bonds. The Labute approximate surface area is 163 Å². The number of hydrogen-bond acceptors (Lipinski definition) is 6. The molecule has 0 aliphatic rings. The number of ketones is 1. The topological polar surface area (TPSA) is 90.9 Å². The lowest BCUT2D eigenvalue weighted by molar-refractivity contribution is 0.0595. The molecule has 0 fully saturated rings. The predicted molar refractivity (Wildman–Crippen MR) is 104 cm³/mol. The number of esters is 1. The van der Waals surface area contributed by atoms with Gasteiger partial charge < -0.3 is 14.2 Å². The SMILES string of the molecule is COC(=O)c1cc(OC)ccc1C(=O)c1ccc(NC(=O)OC(C)(C)C)cc1. The predicted octanol–water partition coefficient (Wildman–Crippen LogP) is 4.06. The van der Waals surface area contributed by atoms with Crippen molar-refractivity contribution in [3.05, 3.63) is 59.2 Å². The average molecular weight is 385 g/mol. The van der Waals surface area contributed by atoms with Crippen molar-refractivity contribution in [3.8, 4) is 5.75 Å². The number of benzene rings is 2. The number of nitrogens with one attached hydrogen (secondary N) is 1. The third-order valence-corrected chi connectivity index (χ3v) is 3.67. The van der Waals surface area contributed by atoms with Gasteiger partial charge in [0.25, 0.3) is 0 Å². The first-order chi connectivity index (χ1) is 13.1. The largest absolute Gasteiger partial charge is 0.497 e. The van der Waals surface area contributed by atoms with E-state index < -0.39 is 17.7 Å². The number of hydrogen-bond donors (Lipinski definition) is 1. The third kappa shape index (κ3) is 5.33. The van der Waals surface area contributed by atoms with E-state index in [1.807, 2.05) is 0 Å². The number of rotatable bonds is 5. The molecule has 0 bridgehead atoms. The molecule has 7 nitrogen and oxygen atoms in total. The van der Waals surface area contributed by atoms with Crippen LogP contribution >= 0.6 is 0 Å². The van der Waals surface area contributed by atoms with Gasteiger partial charge in [0.2, 0.25) is 0 Å². The summed E-state index contributed by atoms with van der Waals surface area (Å²) < 4.78 is 15.0. The van der Waals surface area contributed by atoms with Crippen LogP contribution in [0.4, 0.5) is 10.5 Å². The van der Waals surface area contributed by atoms with Gasteiger partial charge in [-0.25, -0.2) is 9.59 Å². The highest BCUT2D eigenvalue weighted by Gasteiger charge is 2.20. The van der Waals surface area contributed by atoms with E-state index in [1.165, 1.54) is 26.4 Å². The zero-order chi connectivity index (χ0) is 20.9. The Kier molecular flexibility index (Phi) is 6.41. The second kappa shape index (κ2) is 8.56. The zero-order valence-electron chi connectivity index (χ0n) is 16.5. The Morgan fingerprint density at radius 2 is 1.54 bits per heavy atom. The molecule has 7 heteroatoms. The van der Waals surface area contributed by atoms with Gasteiger partial charge in [0.15, 0.2) is 5.78 Å². The van der Waals surface area contributed by atoms with Gasteiger partial charge in [-0.1, -0.05) is 0 Å². The first-order valence-corrected chi connectivity index (χ1v) is 8.55. The van der Waals surface area contributed by atoms with Crippen molar-refractivity contribution in [3.63, 3.8) is 0 Å². The van der Waals surface area contributed by atoms with Gasteiger partial charge in [0.05, 0.1) is 19.8 Å². The molecule has 0 heterocycles. The van der Waals surface area contributed by atoms with E-state index >= 15 is 0 Å². The Bertz CT molecular complexity index is 881. The molecule has 0 saturated carbocycles. The zero-order valence-corrected chi connectivity index (χ0v) is 16.5. The standard InChI is InChI=1S/C21H23NO6/c1-21(2,3)28-20(25)22-14-8-6-13(7-9-14)18(23)16-11-10-15(26-4)12-17(16)19(24)27-5/h6-12H,1-5H3,(H,22,25). The van der Waals surface area contributed by atoms with E-state index in [-0.39, 0.29) is 16.9 Å². The summed E-state index contributed by atoms with van der Waals surface area (Å²) in [6, 6.07) is 10.8. The van der Waals surface area contributed by atoms with Crippen LogP contribution in [0, 0.1) is 0 Å². The number of carbonyl (C=O) groups excluding carboxylic acids is 3. The number of amides is 1. The molecule has 0 aliphatic heterocycles. The lowest BCUT2D eigenvalue weighted by Gasteiger charge is -2.19. The molecule has 28 heavy (non-hydrogen) atoms. The van der Waals surface area contributed by atoms with Gasteiger partial charge in [-0.2, -0.15) is 0 Å². The van der Waals surface area contributed by atoms with Crippen molar-refractivity contribution < 1.29 is 28.6 Å². The highest BCUT2D eigenvalue weighted by molar-refractivity contribution is 6.14. The van der Waals surface area contributed by atoms with Crippen LogP contribution in [-0.2, 0) is 9.47 Å². The fraction of sp³-hybridized carbons (Fsp3) is 0.286. The minimum atomic E-state index is -0.634. The van der Waals surface area contributed by atoms with Crippen LogP contribution in [-0.4, -0.2) is 37.7 Å². The van der Waals surface area contributed by atoms with Gasteiger partial charge in [0.1, 0.15) is 11.4 Å². The summed E-state index contributed by atoms with van der Waals surface area (Å²) in [4.78, 5) is 36.7. The van der Waals surface area contributed by atoms with E-state index in [4.69, 9.17) is 14.2 Å². The summed E-state index contributed by atoms with van der Waals surface area (Å²) in [6.07, 6.45) is -0.588. The number of anilines is 1. The van der Waals surface area contributed by atoms with Crippen LogP contribution in [0.1, 0.15) is 47.1 Å². The Hall–Kier alpha value is -3.35. The van der Waals surface area contributed by atoms with E-state index in [0.29, 0.717) is 17.0 Å². The highest BCUT2D eigenvalue weighted by Crippen LogP contribution is 2.22.